The van der Waals surface area contributed by atoms with Crippen LogP contribution in [0.25, 0.3) is 0 Å². The summed E-state index contributed by atoms with van der Waals surface area (Å²) in [5, 5.41) is 6.24. The molecule has 2 N–H and O–H groups in total. The lowest BCUT2D eigenvalue weighted by atomic mass is 10.1. The van der Waals surface area contributed by atoms with E-state index in [1.54, 1.807) is 17.9 Å². The van der Waals surface area contributed by atoms with Crippen LogP contribution in [0.15, 0.2) is 72.8 Å². The summed E-state index contributed by atoms with van der Waals surface area (Å²) in [5.74, 6) is -0.131. The van der Waals surface area contributed by atoms with E-state index < -0.39 is 0 Å². The van der Waals surface area contributed by atoms with Gasteiger partial charge in [0.05, 0.1) is 0 Å². The summed E-state index contributed by atoms with van der Waals surface area (Å²) in [6.07, 6.45) is 0.774. The van der Waals surface area contributed by atoms with E-state index in [-0.39, 0.29) is 11.8 Å². The Labute approximate surface area is 164 Å². The molecule has 1 aliphatic heterocycles. The van der Waals surface area contributed by atoms with Gasteiger partial charge in [-0.3, -0.25) is 9.59 Å². The van der Waals surface area contributed by atoms with Gasteiger partial charge in [-0.2, -0.15) is 0 Å². The number of rotatable bonds is 4. The smallest absolute Gasteiger partial charge is 0.255 e. The summed E-state index contributed by atoms with van der Waals surface area (Å²) < 4.78 is 0. The van der Waals surface area contributed by atoms with Crippen molar-refractivity contribution in [2.24, 2.45) is 0 Å². The fraction of sp³-hybridized carbons (Fsp3) is 0.130. The van der Waals surface area contributed by atoms with Gasteiger partial charge in [0.1, 0.15) is 0 Å². The van der Waals surface area contributed by atoms with Crippen LogP contribution >= 0.6 is 0 Å². The van der Waals surface area contributed by atoms with Crippen molar-refractivity contribution in [2.45, 2.75) is 13.3 Å². The minimum atomic E-state index is -0.159. The molecule has 0 spiro atoms. The lowest BCUT2D eigenvalue weighted by Crippen LogP contribution is -2.25. The highest BCUT2D eigenvalue weighted by atomic mass is 16.2. The van der Waals surface area contributed by atoms with Gasteiger partial charge in [-0.15, -0.1) is 0 Å². The molecule has 1 aliphatic rings. The van der Waals surface area contributed by atoms with E-state index in [1.165, 1.54) is 0 Å². The van der Waals surface area contributed by atoms with Gasteiger partial charge in [0, 0.05) is 41.8 Å². The number of anilines is 4. The third-order valence-corrected chi connectivity index (χ3v) is 4.82. The number of nitrogens with one attached hydrogen (secondary N) is 2. The second-order valence-electron chi connectivity index (χ2n) is 6.79. The van der Waals surface area contributed by atoms with Crippen molar-refractivity contribution in [2.75, 3.05) is 22.1 Å². The molecule has 5 nitrogen and oxygen atoms in total. The van der Waals surface area contributed by atoms with Crippen LogP contribution < -0.4 is 15.5 Å². The standard InChI is InChI=1S/C23H21N3O2/c1-16(27)26-14-13-17-15-18(7-12-22(17)26)23(28)25-21-10-8-20(9-11-21)24-19-5-3-2-4-6-19/h2-12,15,24H,13-14H2,1H3,(H,25,28). The molecule has 0 saturated heterocycles. The molecule has 4 rings (SSSR count). The Morgan fingerprint density at radius 3 is 2.25 bits per heavy atom. The van der Waals surface area contributed by atoms with Crippen molar-refractivity contribution in [3.05, 3.63) is 83.9 Å². The fourth-order valence-corrected chi connectivity index (χ4v) is 3.40. The van der Waals surface area contributed by atoms with Crippen LogP contribution in [0.3, 0.4) is 0 Å². The zero-order valence-corrected chi connectivity index (χ0v) is 15.6. The number of carbonyl (C=O) groups excluding carboxylic acids is 2. The average molecular weight is 371 g/mol. The largest absolute Gasteiger partial charge is 0.356 e. The summed E-state index contributed by atoms with van der Waals surface area (Å²) in [7, 11) is 0. The van der Waals surface area contributed by atoms with Crippen molar-refractivity contribution in [3.63, 3.8) is 0 Å². The van der Waals surface area contributed by atoms with Crippen molar-refractivity contribution in [3.8, 4) is 0 Å². The number of benzene rings is 3. The highest BCUT2D eigenvalue weighted by molar-refractivity contribution is 6.05. The molecule has 0 fully saturated rings. The van der Waals surface area contributed by atoms with Gasteiger partial charge in [-0.25, -0.2) is 0 Å². The highest BCUT2D eigenvalue weighted by Crippen LogP contribution is 2.29. The number of hydrogen-bond donors (Lipinski definition) is 2. The molecule has 5 heteroatoms. The third-order valence-electron chi connectivity index (χ3n) is 4.82. The van der Waals surface area contributed by atoms with Crippen molar-refractivity contribution in [1.82, 2.24) is 0 Å². The van der Waals surface area contributed by atoms with E-state index in [2.05, 4.69) is 10.6 Å². The molecule has 140 valence electrons. The molecule has 1 heterocycles. The first kappa shape index (κ1) is 17.8. The van der Waals surface area contributed by atoms with Gasteiger partial charge in [0.15, 0.2) is 0 Å². The first-order valence-corrected chi connectivity index (χ1v) is 9.25. The minimum absolute atomic E-state index is 0.0279. The summed E-state index contributed by atoms with van der Waals surface area (Å²) in [4.78, 5) is 26.0. The SMILES string of the molecule is CC(=O)N1CCc2cc(C(=O)Nc3ccc(Nc4ccccc4)cc3)ccc21. The van der Waals surface area contributed by atoms with Gasteiger partial charge in [-0.05, 0) is 66.6 Å². The molecule has 0 aromatic heterocycles. The molecule has 0 radical (unpaired) electrons. The number of nitrogens with zero attached hydrogens (tertiary/aromatic N) is 1. The van der Waals surface area contributed by atoms with E-state index in [9.17, 15) is 9.59 Å². The molecule has 0 bridgehead atoms. The Kier molecular flexibility index (Phi) is 4.81. The second-order valence-corrected chi connectivity index (χ2v) is 6.79. The van der Waals surface area contributed by atoms with Crippen LogP contribution in [0, 0.1) is 0 Å². The van der Waals surface area contributed by atoms with E-state index in [0.717, 1.165) is 34.7 Å². The predicted octanol–water partition coefficient (Wildman–Crippen LogP) is 4.59. The van der Waals surface area contributed by atoms with Crippen LogP contribution in [0.4, 0.5) is 22.7 Å². The Morgan fingerprint density at radius 1 is 0.857 bits per heavy atom. The average Bonchev–Trinajstić information content (AvgIpc) is 3.14. The van der Waals surface area contributed by atoms with Crippen molar-refractivity contribution >= 4 is 34.6 Å². The summed E-state index contributed by atoms with van der Waals surface area (Å²) in [6.45, 7) is 2.23. The fourth-order valence-electron chi connectivity index (χ4n) is 3.40. The monoisotopic (exact) mass is 371 g/mol. The minimum Gasteiger partial charge on any atom is -0.356 e. The Hall–Kier alpha value is -3.60. The zero-order chi connectivity index (χ0) is 19.5. The van der Waals surface area contributed by atoms with Crippen molar-refractivity contribution < 1.29 is 9.59 Å². The van der Waals surface area contributed by atoms with Crippen LogP contribution in [0.2, 0.25) is 0 Å². The normalized spacial score (nSPS) is 12.4. The summed E-state index contributed by atoms with van der Waals surface area (Å²) >= 11 is 0. The number of fused-ring (bicyclic) bond motifs is 1. The molecule has 0 unspecified atom stereocenters. The molecule has 0 aliphatic carbocycles. The quantitative estimate of drug-likeness (QED) is 0.705. The molecular weight excluding hydrogens is 350 g/mol. The predicted molar refractivity (Wildman–Crippen MR) is 112 cm³/mol. The van der Waals surface area contributed by atoms with E-state index in [1.807, 2.05) is 66.7 Å². The summed E-state index contributed by atoms with van der Waals surface area (Å²) in [5.41, 5.74) is 5.22. The van der Waals surface area contributed by atoms with E-state index in [4.69, 9.17) is 0 Å². The summed E-state index contributed by atoms with van der Waals surface area (Å²) in [6, 6.07) is 23.0. The van der Waals surface area contributed by atoms with Crippen molar-refractivity contribution in [1.29, 1.82) is 0 Å². The van der Waals surface area contributed by atoms with E-state index >= 15 is 0 Å². The maximum absolute atomic E-state index is 12.6. The maximum Gasteiger partial charge on any atom is 0.255 e. The molecule has 3 aromatic carbocycles. The van der Waals surface area contributed by atoms with E-state index in [0.29, 0.717) is 12.1 Å². The van der Waals surface area contributed by atoms with Crippen LogP contribution in [-0.4, -0.2) is 18.4 Å². The van der Waals surface area contributed by atoms with Gasteiger partial charge < -0.3 is 15.5 Å². The lowest BCUT2D eigenvalue weighted by Gasteiger charge is -2.15. The number of hydrogen-bond acceptors (Lipinski definition) is 3. The molecule has 2 amide bonds. The molecule has 0 saturated carbocycles. The van der Waals surface area contributed by atoms with Gasteiger partial charge in [0.2, 0.25) is 5.91 Å². The maximum atomic E-state index is 12.6. The topological polar surface area (TPSA) is 61.4 Å². The third kappa shape index (κ3) is 3.74. The van der Waals surface area contributed by atoms with Gasteiger partial charge >= 0.3 is 0 Å². The first-order valence-electron chi connectivity index (χ1n) is 9.25. The van der Waals surface area contributed by atoms with Crippen LogP contribution in [0.1, 0.15) is 22.8 Å². The number of para-hydroxylation sites is 1. The molecular formula is C23H21N3O2. The Morgan fingerprint density at radius 2 is 1.54 bits per heavy atom. The molecule has 0 atom stereocenters. The first-order chi connectivity index (χ1) is 13.6. The lowest BCUT2D eigenvalue weighted by molar-refractivity contribution is -0.116. The van der Waals surface area contributed by atoms with Gasteiger partial charge in [-0.1, -0.05) is 18.2 Å². The second kappa shape index (κ2) is 7.56. The van der Waals surface area contributed by atoms with Gasteiger partial charge in [0.25, 0.3) is 5.91 Å². The van der Waals surface area contributed by atoms with Crippen LogP contribution in [-0.2, 0) is 11.2 Å². The Balaban J connectivity index is 1.43. The number of carbonyl (C=O) groups is 2. The molecule has 28 heavy (non-hydrogen) atoms. The Bertz CT molecular complexity index is 1010. The molecule has 3 aromatic rings. The zero-order valence-electron chi connectivity index (χ0n) is 15.6. The number of amides is 2. The van der Waals surface area contributed by atoms with Crippen LogP contribution in [0.5, 0.6) is 0 Å². The highest BCUT2D eigenvalue weighted by Gasteiger charge is 2.23.